The number of amides is 1. The summed E-state index contributed by atoms with van der Waals surface area (Å²) in [5.74, 6) is 1.23. The number of hydrogen-bond acceptors (Lipinski definition) is 3. The van der Waals surface area contributed by atoms with Crippen LogP contribution in [0, 0.1) is 11.8 Å². The van der Waals surface area contributed by atoms with Crippen molar-refractivity contribution in [1.82, 2.24) is 10.2 Å². The molecule has 2 atom stereocenters. The van der Waals surface area contributed by atoms with Crippen molar-refractivity contribution < 1.29 is 4.79 Å². The van der Waals surface area contributed by atoms with Crippen LogP contribution in [0.25, 0.3) is 0 Å². The van der Waals surface area contributed by atoms with Gasteiger partial charge in [-0.15, -0.1) is 0 Å². The van der Waals surface area contributed by atoms with Crippen molar-refractivity contribution in [3.05, 3.63) is 0 Å². The van der Waals surface area contributed by atoms with Gasteiger partial charge >= 0.3 is 0 Å². The molecule has 20 heavy (non-hydrogen) atoms. The topological polar surface area (TPSA) is 58.4 Å². The SMILES string of the molecule is CNC1(C(N)=O)CCCC1CCN(CC1CC1)C1CC1. The van der Waals surface area contributed by atoms with E-state index < -0.39 is 5.54 Å². The molecule has 0 radical (unpaired) electrons. The Morgan fingerprint density at radius 1 is 1.30 bits per heavy atom. The van der Waals surface area contributed by atoms with Crippen LogP contribution in [-0.2, 0) is 4.79 Å². The van der Waals surface area contributed by atoms with Crippen molar-refractivity contribution >= 4 is 5.91 Å². The van der Waals surface area contributed by atoms with Crippen LogP contribution in [0.15, 0.2) is 0 Å². The molecular weight excluding hydrogens is 250 g/mol. The van der Waals surface area contributed by atoms with Crippen LogP contribution in [0.3, 0.4) is 0 Å². The molecule has 3 aliphatic carbocycles. The van der Waals surface area contributed by atoms with Crippen molar-refractivity contribution in [3.63, 3.8) is 0 Å². The Hall–Kier alpha value is -0.610. The van der Waals surface area contributed by atoms with Gasteiger partial charge in [-0.25, -0.2) is 0 Å². The van der Waals surface area contributed by atoms with E-state index in [4.69, 9.17) is 5.73 Å². The minimum Gasteiger partial charge on any atom is -0.368 e. The summed E-state index contributed by atoms with van der Waals surface area (Å²) in [6.07, 6.45) is 9.91. The van der Waals surface area contributed by atoms with E-state index in [-0.39, 0.29) is 5.91 Å². The summed E-state index contributed by atoms with van der Waals surface area (Å²) in [5.41, 5.74) is 5.25. The van der Waals surface area contributed by atoms with Crippen molar-refractivity contribution in [2.24, 2.45) is 17.6 Å². The smallest absolute Gasteiger partial charge is 0.238 e. The molecule has 3 saturated carbocycles. The first-order chi connectivity index (χ1) is 9.65. The van der Waals surface area contributed by atoms with Gasteiger partial charge in [0.05, 0.1) is 0 Å². The molecule has 3 rings (SSSR count). The lowest BCUT2D eigenvalue weighted by atomic mass is 9.84. The fourth-order valence-electron chi connectivity index (χ4n) is 4.06. The summed E-state index contributed by atoms with van der Waals surface area (Å²) in [6, 6.07) is 0.842. The number of carbonyl (C=O) groups is 1. The number of carbonyl (C=O) groups excluding carboxylic acids is 1. The second kappa shape index (κ2) is 5.64. The summed E-state index contributed by atoms with van der Waals surface area (Å²) < 4.78 is 0. The zero-order valence-corrected chi connectivity index (χ0v) is 12.7. The normalized spacial score (nSPS) is 33.8. The molecule has 3 aliphatic rings. The monoisotopic (exact) mass is 279 g/mol. The van der Waals surface area contributed by atoms with Gasteiger partial charge in [-0.2, -0.15) is 0 Å². The summed E-state index contributed by atoms with van der Waals surface area (Å²) in [6.45, 7) is 2.45. The second-order valence-corrected chi connectivity index (χ2v) is 7.13. The highest BCUT2D eigenvalue weighted by Gasteiger charge is 2.46. The molecule has 0 spiro atoms. The summed E-state index contributed by atoms with van der Waals surface area (Å²) in [5, 5.41) is 3.26. The van der Waals surface area contributed by atoms with Gasteiger partial charge < -0.3 is 16.0 Å². The highest BCUT2D eigenvalue weighted by molar-refractivity contribution is 5.85. The van der Waals surface area contributed by atoms with Crippen molar-refractivity contribution in [2.45, 2.75) is 62.9 Å². The maximum absolute atomic E-state index is 11.9. The Morgan fingerprint density at radius 3 is 2.60 bits per heavy atom. The number of nitrogens with two attached hydrogens (primary N) is 1. The van der Waals surface area contributed by atoms with Gasteiger partial charge in [-0.05, 0) is 70.4 Å². The van der Waals surface area contributed by atoms with E-state index >= 15 is 0 Å². The molecule has 0 saturated heterocycles. The quantitative estimate of drug-likeness (QED) is 0.708. The van der Waals surface area contributed by atoms with Gasteiger partial charge in [0.1, 0.15) is 5.54 Å². The first-order valence-electron chi connectivity index (χ1n) is 8.38. The van der Waals surface area contributed by atoms with Gasteiger partial charge in [-0.1, -0.05) is 6.42 Å². The summed E-state index contributed by atoms with van der Waals surface area (Å²) in [4.78, 5) is 14.6. The predicted molar refractivity (Wildman–Crippen MR) is 80.3 cm³/mol. The summed E-state index contributed by atoms with van der Waals surface area (Å²) >= 11 is 0. The number of rotatable bonds is 8. The zero-order chi connectivity index (χ0) is 14.2. The van der Waals surface area contributed by atoms with Crippen LogP contribution >= 0.6 is 0 Å². The molecule has 2 unspecified atom stereocenters. The van der Waals surface area contributed by atoms with Crippen LogP contribution in [0.2, 0.25) is 0 Å². The number of hydrogen-bond donors (Lipinski definition) is 2. The standard InChI is InChI=1S/C16H29N3O/c1-18-16(15(17)20)9-2-3-13(16)8-10-19(14-6-7-14)11-12-4-5-12/h12-14,18H,2-11H2,1H3,(H2,17,20). The molecule has 0 bridgehead atoms. The van der Waals surface area contributed by atoms with E-state index in [0.29, 0.717) is 5.92 Å². The molecule has 4 nitrogen and oxygen atoms in total. The molecule has 3 fully saturated rings. The van der Waals surface area contributed by atoms with Crippen LogP contribution in [0.4, 0.5) is 0 Å². The average Bonchev–Trinajstić information content (AvgIpc) is 3.32. The lowest BCUT2D eigenvalue weighted by molar-refractivity contribution is -0.125. The Bertz CT molecular complexity index is 365. The molecule has 0 aromatic rings. The van der Waals surface area contributed by atoms with Crippen molar-refractivity contribution in [2.75, 3.05) is 20.1 Å². The molecule has 0 aromatic heterocycles. The third kappa shape index (κ3) is 2.86. The van der Waals surface area contributed by atoms with Gasteiger partial charge in [-0.3, -0.25) is 4.79 Å². The van der Waals surface area contributed by atoms with Gasteiger partial charge in [0.25, 0.3) is 0 Å². The number of nitrogens with zero attached hydrogens (tertiary/aromatic N) is 1. The maximum Gasteiger partial charge on any atom is 0.238 e. The Morgan fingerprint density at radius 2 is 2.05 bits per heavy atom. The molecule has 3 N–H and O–H groups in total. The number of likely N-dealkylation sites (N-methyl/N-ethyl adjacent to an activating group) is 1. The molecule has 4 heteroatoms. The maximum atomic E-state index is 11.9. The van der Waals surface area contributed by atoms with Gasteiger partial charge in [0, 0.05) is 12.6 Å². The van der Waals surface area contributed by atoms with Crippen LogP contribution < -0.4 is 11.1 Å². The minimum atomic E-state index is -0.436. The minimum absolute atomic E-state index is 0.150. The van der Waals surface area contributed by atoms with E-state index in [1.54, 1.807) is 0 Å². The van der Waals surface area contributed by atoms with Gasteiger partial charge in [0.2, 0.25) is 5.91 Å². The molecule has 1 amide bonds. The third-order valence-electron chi connectivity index (χ3n) is 5.72. The van der Waals surface area contributed by atoms with Crippen LogP contribution in [-0.4, -0.2) is 42.5 Å². The molecule has 0 heterocycles. The molecular formula is C16H29N3O. The Balaban J connectivity index is 1.56. The Kier molecular flexibility index (Phi) is 4.04. The van der Waals surface area contributed by atoms with E-state index in [2.05, 4.69) is 10.2 Å². The van der Waals surface area contributed by atoms with Gasteiger partial charge in [0.15, 0.2) is 0 Å². The highest BCUT2D eigenvalue weighted by Crippen LogP contribution is 2.39. The first kappa shape index (κ1) is 14.3. The second-order valence-electron chi connectivity index (χ2n) is 7.13. The largest absolute Gasteiger partial charge is 0.368 e. The Labute approximate surface area is 122 Å². The van der Waals surface area contributed by atoms with E-state index in [9.17, 15) is 4.79 Å². The third-order valence-corrected chi connectivity index (χ3v) is 5.72. The first-order valence-corrected chi connectivity index (χ1v) is 8.38. The predicted octanol–water partition coefficient (Wildman–Crippen LogP) is 1.49. The number of nitrogens with one attached hydrogen (secondary N) is 1. The lowest BCUT2D eigenvalue weighted by Gasteiger charge is -2.34. The fraction of sp³-hybridized carbons (Fsp3) is 0.938. The van der Waals surface area contributed by atoms with E-state index in [0.717, 1.165) is 44.2 Å². The van der Waals surface area contributed by atoms with E-state index in [1.807, 2.05) is 7.05 Å². The molecule has 0 aliphatic heterocycles. The van der Waals surface area contributed by atoms with Crippen molar-refractivity contribution in [1.29, 1.82) is 0 Å². The van der Waals surface area contributed by atoms with E-state index in [1.165, 1.54) is 32.2 Å². The zero-order valence-electron chi connectivity index (χ0n) is 12.7. The summed E-state index contributed by atoms with van der Waals surface area (Å²) in [7, 11) is 1.89. The molecule has 114 valence electrons. The number of primary amides is 1. The molecule has 0 aromatic carbocycles. The van der Waals surface area contributed by atoms with Crippen LogP contribution in [0.1, 0.15) is 51.4 Å². The highest BCUT2D eigenvalue weighted by atomic mass is 16.1. The average molecular weight is 279 g/mol. The lowest BCUT2D eigenvalue weighted by Crippen LogP contribution is -2.57. The van der Waals surface area contributed by atoms with Crippen molar-refractivity contribution in [3.8, 4) is 0 Å². The fourth-order valence-corrected chi connectivity index (χ4v) is 4.06. The van der Waals surface area contributed by atoms with Crippen LogP contribution in [0.5, 0.6) is 0 Å².